The standard InChI is InChI=1S/C20H30FN3O/c1-15-2-3-17(12-19(15)21)13-23-20(25)18-6-10-24(11-7-18)14-16-4-8-22-9-5-16/h2-3,12,16,18,22H,4-11,13-14H2,1H3,(H,23,25). The Morgan fingerprint density at radius 3 is 2.64 bits per heavy atom. The van der Waals surface area contributed by atoms with Gasteiger partial charge in [0, 0.05) is 19.0 Å². The number of amides is 1. The fourth-order valence-electron chi connectivity index (χ4n) is 3.89. The highest BCUT2D eigenvalue weighted by atomic mass is 19.1. The Hall–Kier alpha value is -1.46. The molecule has 2 heterocycles. The van der Waals surface area contributed by atoms with E-state index in [0.717, 1.165) is 50.5 Å². The molecule has 1 aromatic carbocycles. The summed E-state index contributed by atoms with van der Waals surface area (Å²) in [5.74, 6) is 0.808. The van der Waals surface area contributed by atoms with Crippen molar-refractivity contribution < 1.29 is 9.18 Å². The fourth-order valence-corrected chi connectivity index (χ4v) is 3.89. The van der Waals surface area contributed by atoms with Crippen LogP contribution < -0.4 is 10.6 Å². The molecule has 1 aromatic rings. The number of rotatable bonds is 5. The summed E-state index contributed by atoms with van der Waals surface area (Å²) in [5.41, 5.74) is 1.45. The number of carbonyl (C=O) groups is 1. The average Bonchev–Trinajstić information content (AvgIpc) is 2.64. The Bertz CT molecular complexity index is 578. The molecule has 2 aliphatic rings. The van der Waals surface area contributed by atoms with E-state index < -0.39 is 0 Å². The lowest BCUT2D eigenvalue weighted by atomic mass is 9.93. The topological polar surface area (TPSA) is 44.4 Å². The monoisotopic (exact) mass is 347 g/mol. The van der Waals surface area contributed by atoms with Gasteiger partial charge in [0.25, 0.3) is 0 Å². The molecule has 0 saturated carbocycles. The largest absolute Gasteiger partial charge is 0.352 e. The molecule has 0 aliphatic carbocycles. The number of halogens is 1. The molecule has 1 amide bonds. The highest BCUT2D eigenvalue weighted by molar-refractivity contribution is 5.78. The first-order valence-corrected chi connectivity index (χ1v) is 9.57. The normalized spacial score (nSPS) is 20.6. The second-order valence-corrected chi connectivity index (χ2v) is 7.57. The minimum atomic E-state index is -0.210. The Labute approximate surface area is 150 Å². The molecule has 0 radical (unpaired) electrons. The van der Waals surface area contributed by atoms with Crippen LogP contribution in [-0.4, -0.2) is 43.5 Å². The summed E-state index contributed by atoms with van der Waals surface area (Å²) >= 11 is 0. The molecular weight excluding hydrogens is 317 g/mol. The molecule has 5 heteroatoms. The van der Waals surface area contributed by atoms with E-state index >= 15 is 0 Å². The van der Waals surface area contributed by atoms with Crippen LogP contribution in [0, 0.1) is 24.6 Å². The quantitative estimate of drug-likeness (QED) is 0.860. The fraction of sp³-hybridized carbons (Fsp3) is 0.650. The lowest BCUT2D eigenvalue weighted by Crippen LogP contribution is -2.43. The molecule has 2 fully saturated rings. The van der Waals surface area contributed by atoms with Gasteiger partial charge in [-0.2, -0.15) is 0 Å². The molecule has 0 unspecified atom stereocenters. The van der Waals surface area contributed by atoms with Crippen LogP contribution in [0.25, 0.3) is 0 Å². The van der Waals surface area contributed by atoms with Crippen LogP contribution in [-0.2, 0) is 11.3 Å². The number of benzene rings is 1. The minimum absolute atomic E-state index is 0.0968. The average molecular weight is 347 g/mol. The van der Waals surface area contributed by atoms with Gasteiger partial charge >= 0.3 is 0 Å². The van der Waals surface area contributed by atoms with Crippen molar-refractivity contribution in [1.29, 1.82) is 0 Å². The van der Waals surface area contributed by atoms with E-state index in [4.69, 9.17) is 0 Å². The number of hydrogen-bond donors (Lipinski definition) is 2. The SMILES string of the molecule is Cc1ccc(CNC(=O)C2CCN(CC3CCNCC3)CC2)cc1F. The summed E-state index contributed by atoms with van der Waals surface area (Å²) in [6, 6.07) is 5.15. The van der Waals surface area contributed by atoms with E-state index in [1.54, 1.807) is 13.0 Å². The molecule has 0 spiro atoms. The zero-order valence-electron chi connectivity index (χ0n) is 15.2. The lowest BCUT2D eigenvalue weighted by molar-refractivity contribution is -0.126. The van der Waals surface area contributed by atoms with Crippen molar-refractivity contribution in [2.45, 2.75) is 39.2 Å². The van der Waals surface area contributed by atoms with Crippen molar-refractivity contribution in [3.05, 3.63) is 35.1 Å². The van der Waals surface area contributed by atoms with Crippen LogP contribution in [0.5, 0.6) is 0 Å². The maximum atomic E-state index is 13.6. The second-order valence-electron chi connectivity index (χ2n) is 7.57. The first kappa shape index (κ1) is 18.3. The summed E-state index contributed by atoms with van der Waals surface area (Å²) in [6.07, 6.45) is 4.40. The molecule has 3 rings (SSSR count). The summed E-state index contributed by atoms with van der Waals surface area (Å²) < 4.78 is 13.6. The lowest BCUT2D eigenvalue weighted by Gasteiger charge is -2.35. The summed E-state index contributed by atoms with van der Waals surface area (Å²) in [5, 5.41) is 6.39. The van der Waals surface area contributed by atoms with Crippen molar-refractivity contribution in [3.63, 3.8) is 0 Å². The molecule has 0 atom stereocenters. The van der Waals surface area contributed by atoms with Gasteiger partial charge in [-0.3, -0.25) is 4.79 Å². The molecule has 4 nitrogen and oxygen atoms in total. The maximum absolute atomic E-state index is 13.6. The predicted molar refractivity (Wildman–Crippen MR) is 97.7 cm³/mol. The maximum Gasteiger partial charge on any atom is 0.223 e. The molecule has 2 saturated heterocycles. The number of carbonyl (C=O) groups excluding carboxylic acids is 1. The van der Waals surface area contributed by atoms with Gasteiger partial charge in [-0.15, -0.1) is 0 Å². The number of nitrogens with one attached hydrogen (secondary N) is 2. The Morgan fingerprint density at radius 2 is 1.96 bits per heavy atom. The number of nitrogens with zero attached hydrogens (tertiary/aromatic N) is 1. The first-order chi connectivity index (χ1) is 12.1. The number of piperidine rings is 2. The van der Waals surface area contributed by atoms with Crippen molar-refractivity contribution in [3.8, 4) is 0 Å². The molecule has 2 N–H and O–H groups in total. The molecule has 0 bridgehead atoms. The van der Waals surface area contributed by atoms with Gasteiger partial charge in [0.2, 0.25) is 5.91 Å². The first-order valence-electron chi connectivity index (χ1n) is 9.57. The number of aryl methyl sites for hydroxylation is 1. The van der Waals surface area contributed by atoms with Crippen LogP contribution in [0.2, 0.25) is 0 Å². The minimum Gasteiger partial charge on any atom is -0.352 e. The molecular formula is C20H30FN3O. The van der Waals surface area contributed by atoms with E-state index in [-0.39, 0.29) is 17.6 Å². The third kappa shape index (κ3) is 5.25. The van der Waals surface area contributed by atoms with Crippen molar-refractivity contribution >= 4 is 5.91 Å². The molecule has 0 aromatic heterocycles. The Morgan fingerprint density at radius 1 is 1.24 bits per heavy atom. The van der Waals surface area contributed by atoms with Gasteiger partial charge in [-0.1, -0.05) is 12.1 Å². The van der Waals surface area contributed by atoms with E-state index in [2.05, 4.69) is 15.5 Å². The Kier molecular flexibility index (Phi) is 6.43. The van der Waals surface area contributed by atoms with Gasteiger partial charge in [0.05, 0.1) is 0 Å². The number of hydrogen-bond acceptors (Lipinski definition) is 3. The van der Waals surface area contributed by atoms with Crippen LogP contribution in [0.1, 0.15) is 36.8 Å². The second kappa shape index (κ2) is 8.77. The molecule has 138 valence electrons. The van der Waals surface area contributed by atoms with Crippen LogP contribution >= 0.6 is 0 Å². The van der Waals surface area contributed by atoms with E-state index in [0.29, 0.717) is 12.1 Å². The predicted octanol–water partition coefficient (Wildman–Crippen LogP) is 2.46. The van der Waals surface area contributed by atoms with E-state index in [1.807, 2.05) is 6.07 Å². The molecule has 2 aliphatic heterocycles. The van der Waals surface area contributed by atoms with Gasteiger partial charge in [0.15, 0.2) is 0 Å². The third-order valence-electron chi connectivity index (χ3n) is 5.64. The molecule has 25 heavy (non-hydrogen) atoms. The van der Waals surface area contributed by atoms with Crippen molar-refractivity contribution in [2.75, 3.05) is 32.7 Å². The van der Waals surface area contributed by atoms with E-state index in [9.17, 15) is 9.18 Å². The van der Waals surface area contributed by atoms with Crippen molar-refractivity contribution in [1.82, 2.24) is 15.5 Å². The zero-order valence-corrected chi connectivity index (χ0v) is 15.2. The van der Waals surface area contributed by atoms with E-state index in [1.165, 1.54) is 25.5 Å². The summed E-state index contributed by atoms with van der Waals surface area (Å²) in [4.78, 5) is 14.9. The highest BCUT2D eigenvalue weighted by Crippen LogP contribution is 2.21. The van der Waals surface area contributed by atoms with Crippen LogP contribution in [0.4, 0.5) is 4.39 Å². The van der Waals surface area contributed by atoms with Gasteiger partial charge in [-0.05, 0) is 81.9 Å². The Balaban J connectivity index is 1.39. The summed E-state index contributed by atoms with van der Waals surface area (Å²) in [7, 11) is 0. The van der Waals surface area contributed by atoms with Gasteiger partial charge in [-0.25, -0.2) is 4.39 Å². The van der Waals surface area contributed by atoms with Crippen LogP contribution in [0.15, 0.2) is 18.2 Å². The van der Waals surface area contributed by atoms with Crippen LogP contribution in [0.3, 0.4) is 0 Å². The number of likely N-dealkylation sites (tertiary alicyclic amines) is 1. The third-order valence-corrected chi connectivity index (χ3v) is 5.64. The highest BCUT2D eigenvalue weighted by Gasteiger charge is 2.26. The zero-order chi connectivity index (χ0) is 17.6. The smallest absolute Gasteiger partial charge is 0.223 e. The van der Waals surface area contributed by atoms with Gasteiger partial charge in [0.1, 0.15) is 5.82 Å². The van der Waals surface area contributed by atoms with Crippen molar-refractivity contribution in [2.24, 2.45) is 11.8 Å². The van der Waals surface area contributed by atoms with Gasteiger partial charge < -0.3 is 15.5 Å². The summed E-state index contributed by atoms with van der Waals surface area (Å²) in [6.45, 7) is 7.65.